The molecule has 0 aliphatic carbocycles. The van der Waals surface area contributed by atoms with Crippen molar-refractivity contribution in [1.29, 1.82) is 0 Å². The molecule has 0 saturated carbocycles. The van der Waals surface area contributed by atoms with Crippen LogP contribution in [0.2, 0.25) is 0 Å². The van der Waals surface area contributed by atoms with Gasteiger partial charge in [-0.25, -0.2) is 0 Å². The van der Waals surface area contributed by atoms with E-state index in [1.165, 1.54) is 0 Å². The fraction of sp³-hybridized carbons (Fsp3) is 0.133. The van der Waals surface area contributed by atoms with Crippen LogP contribution in [0.15, 0.2) is 60.8 Å². The summed E-state index contributed by atoms with van der Waals surface area (Å²) in [4.78, 5) is 0. The van der Waals surface area contributed by atoms with Crippen LogP contribution >= 0.6 is 0 Å². The number of rotatable bonds is 3. The molecular weight excluding hydrogens is 224 g/mol. The van der Waals surface area contributed by atoms with Crippen LogP contribution in [0.25, 0.3) is 10.9 Å². The molecule has 90 valence electrons. The molecule has 0 radical (unpaired) electrons. The molecule has 2 aromatic carbocycles. The first-order valence-corrected chi connectivity index (χ1v) is 5.98. The molecule has 0 aliphatic heterocycles. The molecule has 0 fully saturated rings. The lowest BCUT2D eigenvalue weighted by Crippen LogP contribution is -2.08. The van der Waals surface area contributed by atoms with E-state index in [0.717, 1.165) is 16.5 Å². The number of benzene rings is 2. The van der Waals surface area contributed by atoms with E-state index >= 15 is 0 Å². The highest BCUT2D eigenvalue weighted by molar-refractivity contribution is 5.77. The minimum Gasteiger partial charge on any atom is -0.386 e. The number of aliphatic hydroxyl groups excluding tert-OH is 1. The Bertz CT molecular complexity index is 613. The van der Waals surface area contributed by atoms with Crippen molar-refractivity contribution in [3.8, 4) is 0 Å². The molecule has 3 nitrogen and oxygen atoms in total. The zero-order valence-corrected chi connectivity index (χ0v) is 9.90. The predicted octanol–water partition coefficient (Wildman–Crippen LogP) is 2.77. The average molecular weight is 238 g/mol. The van der Waals surface area contributed by atoms with Gasteiger partial charge < -0.3 is 5.11 Å². The molecule has 1 heterocycles. The second-order valence-electron chi connectivity index (χ2n) is 4.34. The van der Waals surface area contributed by atoms with Gasteiger partial charge in [-0.1, -0.05) is 48.5 Å². The fourth-order valence-corrected chi connectivity index (χ4v) is 2.07. The summed E-state index contributed by atoms with van der Waals surface area (Å²) in [5.74, 6) is 0. The molecule has 18 heavy (non-hydrogen) atoms. The molecule has 0 saturated heterocycles. The molecule has 0 spiro atoms. The predicted molar refractivity (Wildman–Crippen MR) is 71.1 cm³/mol. The van der Waals surface area contributed by atoms with Crippen LogP contribution < -0.4 is 0 Å². The van der Waals surface area contributed by atoms with Gasteiger partial charge >= 0.3 is 0 Å². The molecule has 0 bridgehead atoms. The Kier molecular flexibility index (Phi) is 2.82. The molecular formula is C15H14N2O. The molecule has 3 aromatic rings. The lowest BCUT2D eigenvalue weighted by molar-refractivity contribution is 0.152. The van der Waals surface area contributed by atoms with E-state index in [1.807, 2.05) is 60.8 Å². The van der Waals surface area contributed by atoms with Crippen LogP contribution in [-0.4, -0.2) is 14.9 Å². The molecule has 1 N–H and O–H groups in total. The van der Waals surface area contributed by atoms with Crippen LogP contribution in [0.3, 0.4) is 0 Å². The van der Waals surface area contributed by atoms with Crippen LogP contribution in [0.4, 0.5) is 0 Å². The van der Waals surface area contributed by atoms with Gasteiger partial charge in [-0.15, -0.1) is 0 Å². The quantitative estimate of drug-likeness (QED) is 0.762. The highest BCUT2D eigenvalue weighted by atomic mass is 16.3. The minimum absolute atomic E-state index is 0.471. The maximum Gasteiger partial charge on any atom is 0.0985 e. The smallest absolute Gasteiger partial charge is 0.0985 e. The highest BCUT2D eigenvalue weighted by Crippen LogP contribution is 2.16. The van der Waals surface area contributed by atoms with Crippen molar-refractivity contribution in [2.24, 2.45) is 0 Å². The van der Waals surface area contributed by atoms with Crippen molar-refractivity contribution in [1.82, 2.24) is 9.78 Å². The van der Waals surface area contributed by atoms with E-state index in [0.29, 0.717) is 6.54 Å². The van der Waals surface area contributed by atoms with Crippen LogP contribution in [-0.2, 0) is 6.54 Å². The highest BCUT2D eigenvalue weighted by Gasteiger charge is 2.09. The summed E-state index contributed by atoms with van der Waals surface area (Å²) in [6.07, 6.45) is 1.43. The molecule has 3 heteroatoms. The van der Waals surface area contributed by atoms with Crippen molar-refractivity contribution in [2.45, 2.75) is 12.6 Å². The summed E-state index contributed by atoms with van der Waals surface area (Å²) < 4.78 is 1.79. The molecule has 1 unspecified atom stereocenters. The third-order valence-corrected chi connectivity index (χ3v) is 3.01. The van der Waals surface area contributed by atoms with Crippen molar-refractivity contribution < 1.29 is 5.11 Å². The molecule has 1 aromatic heterocycles. The van der Waals surface area contributed by atoms with E-state index in [1.54, 1.807) is 4.68 Å². The van der Waals surface area contributed by atoms with Gasteiger partial charge in [0.05, 0.1) is 18.2 Å². The van der Waals surface area contributed by atoms with Crippen molar-refractivity contribution in [2.75, 3.05) is 0 Å². The van der Waals surface area contributed by atoms with Crippen molar-refractivity contribution >= 4 is 10.9 Å². The minimum atomic E-state index is -0.527. The standard InChI is InChI=1S/C15H14N2O/c18-15(12-6-2-1-3-7-12)11-17-10-13-8-4-5-9-14(13)16-17/h1-10,15,18H,11H2. The fourth-order valence-electron chi connectivity index (χ4n) is 2.07. The summed E-state index contributed by atoms with van der Waals surface area (Å²) in [6, 6.07) is 17.6. The van der Waals surface area contributed by atoms with Gasteiger partial charge in [-0.2, -0.15) is 5.10 Å². The topological polar surface area (TPSA) is 38.0 Å². The van der Waals surface area contributed by atoms with Gasteiger partial charge in [0, 0.05) is 11.6 Å². The van der Waals surface area contributed by atoms with E-state index in [-0.39, 0.29) is 0 Å². The van der Waals surface area contributed by atoms with Crippen molar-refractivity contribution in [3.63, 3.8) is 0 Å². The third-order valence-electron chi connectivity index (χ3n) is 3.01. The van der Waals surface area contributed by atoms with Crippen molar-refractivity contribution in [3.05, 3.63) is 66.4 Å². The number of nitrogens with zero attached hydrogens (tertiary/aromatic N) is 2. The second kappa shape index (κ2) is 4.63. The number of fused-ring (bicyclic) bond motifs is 1. The lowest BCUT2D eigenvalue weighted by Gasteiger charge is -2.10. The summed E-state index contributed by atoms with van der Waals surface area (Å²) in [5, 5.41) is 15.7. The molecule has 1 atom stereocenters. The largest absolute Gasteiger partial charge is 0.386 e. The van der Waals surface area contributed by atoms with E-state index in [9.17, 15) is 5.11 Å². The molecule has 3 rings (SSSR count). The van der Waals surface area contributed by atoms with Gasteiger partial charge in [0.1, 0.15) is 0 Å². The Morgan fingerprint density at radius 1 is 1.00 bits per heavy atom. The van der Waals surface area contributed by atoms with E-state index in [2.05, 4.69) is 5.10 Å². The van der Waals surface area contributed by atoms with Gasteiger partial charge in [0.15, 0.2) is 0 Å². The third kappa shape index (κ3) is 2.13. The van der Waals surface area contributed by atoms with Gasteiger partial charge in [-0.3, -0.25) is 4.68 Å². The zero-order chi connectivity index (χ0) is 12.4. The molecule has 0 amide bonds. The maximum absolute atomic E-state index is 10.1. The summed E-state index contributed by atoms with van der Waals surface area (Å²) in [6.45, 7) is 0.471. The summed E-state index contributed by atoms with van der Waals surface area (Å²) in [5.41, 5.74) is 1.87. The Balaban J connectivity index is 1.84. The van der Waals surface area contributed by atoms with Crippen LogP contribution in [0.1, 0.15) is 11.7 Å². The lowest BCUT2D eigenvalue weighted by atomic mass is 10.1. The monoisotopic (exact) mass is 238 g/mol. The van der Waals surface area contributed by atoms with E-state index in [4.69, 9.17) is 0 Å². The first-order chi connectivity index (χ1) is 8.83. The first kappa shape index (κ1) is 11.0. The van der Waals surface area contributed by atoms with Crippen LogP contribution in [0.5, 0.6) is 0 Å². The molecule has 0 aliphatic rings. The second-order valence-corrected chi connectivity index (χ2v) is 4.34. The van der Waals surface area contributed by atoms with Gasteiger partial charge in [-0.05, 0) is 11.6 Å². The average Bonchev–Trinajstić information content (AvgIpc) is 2.82. The number of aromatic nitrogens is 2. The Morgan fingerprint density at radius 3 is 2.50 bits per heavy atom. The number of hydrogen-bond acceptors (Lipinski definition) is 2. The maximum atomic E-state index is 10.1. The summed E-state index contributed by atoms with van der Waals surface area (Å²) >= 11 is 0. The van der Waals surface area contributed by atoms with E-state index < -0.39 is 6.10 Å². The Morgan fingerprint density at radius 2 is 1.72 bits per heavy atom. The summed E-state index contributed by atoms with van der Waals surface area (Å²) in [7, 11) is 0. The van der Waals surface area contributed by atoms with Gasteiger partial charge in [0.2, 0.25) is 0 Å². The Labute approximate surface area is 105 Å². The zero-order valence-electron chi connectivity index (χ0n) is 9.90. The number of hydrogen-bond donors (Lipinski definition) is 1. The normalized spacial score (nSPS) is 12.7. The number of aliphatic hydroxyl groups is 1. The van der Waals surface area contributed by atoms with Crippen LogP contribution in [0, 0.1) is 0 Å². The first-order valence-electron chi connectivity index (χ1n) is 5.98. The Hall–Kier alpha value is -2.13. The van der Waals surface area contributed by atoms with Gasteiger partial charge in [0.25, 0.3) is 0 Å². The SMILES string of the molecule is OC(Cn1cc2ccccc2n1)c1ccccc1.